The van der Waals surface area contributed by atoms with E-state index in [0.29, 0.717) is 11.3 Å². The molecule has 1 fully saturated rings. The molecule has 2 rings (SSSR count). The predicted molar refractivity (Wildman–Crippen MR) is 81.5 cm³/mol. The van der Waals surface area contributed by atoms with Gasteiger partial charge in [0.1, 0.15) is 0 Å². The number of esters is 1. The number of anilines is 1. The quantitative estimate of drug-likeness (QED) is 0.842. The zero-order valence-corrected chi connectivity index (χ0v) is 12.6. The minimum absolute atomic E-state index is 0.0288. The van der Waals surface area contributed by atoms with Crippen LogP contribution >= 0.6 is 0 Å². The number of ether oxygens (including phenoxy) is 1. The monoisotopic (exact) mass is 304 g/mol. The zero-order valence-electron chi connectivity index (χ0n) is 12.6. The van der Waals surface area contributed by atoms with E-state index < -0.39 is 5.97 Å². The number of methoxy groups -OCH3 is 1. The van der Waals surface area contributed by atoms with Crippen LogP contribution in [0.5, 0.6) is 0 Å². The van der Waals surface area contributed by atoms with Gasteiger partial charge in [0, 0.05) is 30.8 Å². The number of rotatable bonds is 5. The lowest BCUT2D eigenvalue weighted by atomic mass is 10.1. The third-order valence-electron chi connectivity index (χ3n) is 3.59. The first-order valence-corrected chi connectivity index (χ1v) is 7.36. The van der Waals surface area contributed by atoms with E-state index in [9.17, 15) is 14.4 Å². The van der Waals surface area contributed by atoms with Gasteiger partial charge in [0.2, 0.25) is 5.91 Å². The molecule has 0 aromatic heterocycles. The Bertz CT molecular complexity index is 548. The minimum Gasteiger partial charge on any atom is -0.469 e. The summed E-state index contributed by atoms with van der Waals surface area (Å²) < 4.78 is 4.48. The van der Waals surface area contributed by atoms with Gasteiger partial charge in [-0.05, 0) is 37.1 Å². The van der Waals surface area contributed by atoms with E-state index in [1.165, 1.54) is 7.11 Å². The van der Waals surface area contributed by atoms with Crippen molar-refractivity contribution in [3.63, 3.8) is 0 Å². The standard InChI is InChI=1S/C16H20N2O4/c1-22-15(20)9-8-14(19)17-13-6-4-12(5-7-13)16(21)18-10-2-3-11-18/h4-7H,2-3,8-11H2,1H3,(H,17,19). The van der Waals surface area contributed by atoms with Crippen LogP contribution < -0.4 is 5.32 Å². The SMILES string of the molecule is COC(=O)CCC(=O)Nc1ccc(C(=O)N2CCCC2)cc1. The fraction of sp³-hybridized carbons (Fsp3) is 0.438. The van der Waals surface area contributed by atoms with Crippen LogP contribution in [-0.4, -0.2) is 42.9 Å². The first kappa shape index (κ1) is 16.0. The largest absolute Gasteiger partial charge is 0.469 e. The number of carbonyl (C=O) groups is 3. The van der Waals surface area contributed by atoms with Crippen molar-refractivity contribution in [2.75, 3.05) is 25.5 Å². The second-order valence-electron chi connectivity index (χ2n) is 5.20. The molecule has 1 aliphatic heterocycles. The summed E-state index contributed by atoms with van der Waals surface area (Å²) in [4.78, 5) is 36.7. The highest BCUT2D eigenvalue weighted by Gasteiger charge is 2.19. The molecule has 1 aromatic rings. The smallest absolute Gasteiger partial charge is 0.306 e. The Morgan fingerprint density at radius 1 is 1.09 bits per heavy atom. The molecule has 0 saturated carbocycles. The Morgan fingerprint density at radius 3 is 2.32 bits per heavy atom. The van der Waals surface area contributed by atoms with E-state index >= 15 is 0 Å². The van der Waals surface area contributed by atoms with Crippen LogP contribution in [-0.2, 0) is 14.3 Å². The van der Waals surface area contributed by atoms with Gasteiger partial charge in [0.25, 0.3) is 5.91 Å². The maximum atomic E-state index is 12.2. The van der Waals surface area contributed by atoms with Crippen molar-refractivity contribution in [1.82, 2.24) is 4.90 Å². The molecule has 1 aromatic carbocycles. The number of benzene rings is 1. The summed E-state index contributed by atoms with van der Waals surface area (Å²) in [7, 11) is 1.29. The van der Waals surface area contributed by atoms with Gasteiger partial charge in [0.15, 0.2) is 0 Å². The van der Waals surface area contributed by atoms with Crippen LogP contribution in [0, 0.1) is 0 Å². The average molecular weight is 304 g/mol. The first-order valence-electron chi connectivity index (χ1n) is 7.36. The maximum Gasteiger partial charge on any atom is 0.306 e. The number of carbonyl (C=O) groups excluding carboxylic acids is 3. The summed E-state index contributed by atoms with van der Waals surface area (Å²) in [5.74, 6) is -0.646. The number of hydrogen-bond donors (Lipinski definition) is 1. The number of hydrogen-bond acceptors (Lipinski definition) is 4. The Balaban J connectivity index is 1.87. The van der Waals surface area contributed by atoms with Crippen molar-refractivity contribution in [3.8, 4) is 0 Å². The Kier molecular flexibility index (Phi) is 5.52. The van der Waals surface area contributed by atoms with Crippen LogP contribution in [0.3, 0.4) is 0 Å². The fourth-order valence-electron chi connectivity index (χ4n) is 2.34. The molecule has 2 amide bonds. The summed E-state index contributed by atoms with van der Waals surface area (Å²) in [6, 6.07) is 6.80. The number of nitrogens with zero attached hydrogens (tertiary/aromatic N) is 1. The van der Waals surface area contributed by atoms with Crippen molar-refractivity contribution in [1.29, 1.82) is 0 Å². The number of likely N-dealkylation sites (tertiary alicyclic amines) is 1. The molecule has 0 atom stereocenters. The molecule has 0 unspecified atom stereocenters. The van der Waals surface area contributed by atoms with Gasteiger partial charge in [-0.25, -0.2) is 0 Å². The highest BCUT2D eigenvalue weighted by Crippen LogP contribution is 2.15. The van der Waals surface area contributed by atoms with Crippen LogP contribution in [0.1, 0.15) is 36.0 Å². The van der Waals surface area contributed by atoms with E-state index in [-0.39, 0.29) is 24.7 Å². The molecular weight excluding hydrogens is 284 g/mol. The second kappa shape index (κ2) is 7.59. The van der Waals surface area contributed by atoms with Gasteiger partial charge in [-0.1, -0.05) is 0 Å². The maximum absolute atomic E-state index is 12.2. The lowest BCUT2D eigenvalue weighted by molar-refractivity contribution is -0.141. The molecule has 0 spiro atoms. The van der Waals surface area contributed by atoms with Crippen molar-refractivity contribution in [2.24, 2.45) is 0 Å². The van der Waals surface area contributed by atoms with Crippen molar-refractivity contribution < 1.29 is 19.1 Å². The molecule has 6 nitrogen and oxygen atoms in total. The molecule has 1 N–H and O–H groups in total. The van der Waals surface area contributed by atoms with Gasteiger partial charge >= 0.3 is 5.97 Å². The van der Waals surface area contributed by atoms with Gasteiger partial charge in [0.05, 0.1) is 13.5 Å². The van der Waals surface area contributed by atoms with Crippen molar-refractivity contribution >= 4 is 23.5 Å². The molecule has 0 bridgehead atoms. The molecule has 1 aliphatic rings. The molecule has 1 heterocycles. The highest BCUT2D eigenvalue weighted by atomic mass is 16.5. The molecule has 6 heteroatoms. The fourth-order valence-corrected chi connectivity index (χ4v) is 2.34. The van der Waals surface area contributed by atoms with Gasteiger partial charge in [-0.3, -0.25) is 14.4 Å². The van der Waals surface area contributed by atoms with Crippen LogP contribution in [0.25, 0.3) is 0 Å². The predicted octanol–water partition coefficient (Wildman–Crippen LogP) is 1.81. The van der Waals surface area contributed by atoms with Crippen LogP contribution in [0.15, 0.2) is 24.3 Å². The molecule has 1 saturated heterocycles. The van der Waals surface area contributed by atoms with Crippen molar-refractivity contribution in [3.05, 3.63) is 29.8 Å². The third-order valence-corrected chi connectivity index (χ3v) is 3.59. The van der Waals surface area contributed by atoms with E-state index in [1.54, 1.807) is 24.3 Å². The van der Waals surface area contributed by atoms with Crippen LogP contribution in [0.2, 0.25) is 0 Å². The summed E-state index contributed by atoms with van der Waals surface area (Å²) >= 11 is 0. The second-order valence-corrected chi connectivity index (χ2v) is 5.20. The van der Waals surface area contributed by atoms with E-state index in [1.807, 2.05) is 4.90 Å². The van der Waals surface area contributed by atoms with E-state index in [4.69, 9.17) is 0 Å². The van der Waals surface area contributed by atoms with Gasteiger partial charge in [-0.2, -0.15) is 0 Å². The number of nitrogens with one attached hydrogen (secondary N) is 1. The summed E-state index contributed by atoms with van der Waals surface area (Å²) in [5, 5.41) is 2.69. The van der Waals surface area contributed by atoms with Crippen molar-refractivity contribution in [2.45, 2.75) is 25.7 Å². The average Bonchev–Trinajstić information content (AvgIpc) is 3.07. The lowest BCUT2D eigenvalue weighted by Gasteiger charge is -2.15. The Morgan fingerprint density at radius 2 is 1.73 bits per heavy atom. The molecule has 0 aliphatic carbocycles. The molecule has 118 valence electrons. The first-order chi connectivity index (χ1) is 10.6. The topological polar surface area (TPSA) is 75.7 Å². The van der Waals surface area contributed by atoms with Crippen LogP contribution in [0.4, 0.5) is 5.69 Å². The van der Waals surface area contributed by atoms with E-state index in [2.05, 4.69) is 10.1 Å². The zero-order chi connectivity index (χ0) is 15.9. The summed E-state index contributed by atoms with van der Waals surface area (Å²) in [5.41, 5.74) is 1.22. The van der Waals surface area contributed by atoms with E-state index in [0.717, 1.165) is 25.9 Å². The normalized spacial score (nSPS) is 13.8. The number of amides is 2. The molecular formula is C16H20N2O4. The lowest BCUT2D eigenvalue weighted by Crippen LogP contribution is -2.27. The summed E-state index contributed by atoms with van der Waals surface area (Å²) in [6.45, 7) is 1.62. The third kappa shape index (κ3) is 4.31. The highest BCUT2D eigenvalue weighted by molar-refractivity contribution is 5.96. The Hall–Kier alpha value is -2.37. The van der Waals surface area contributed by atoms with Gasteiger partial charge in [-0.15, -0.1) is 0 Å². The summed E-state index contributed by atoms with van der Waals surface area (Å²) in [6.07, 6.45) is 2.23. The minimum atomic E-state index is -0.415. The Labute approximate surface area is 129 Å². The van der Waals surface area contributed by atoms with Gasteiger partial charge < -0.3 is 15.0 Å². The molecule has 0 radical (unpaired) electrons. The molecule has 22 heavy (non-hydrogen) atoms.